The fourth-order valence-electron chi connectivity index (χ4n) is 4.61. The second kappa shape index (κ2) is 12.3. The van der Waals surface area contributed by atoms with Crippen LogP contribution in [0.3, 0.4) is 0 Å². The molecule has 0 fully saturated rings. The van der Waals surface area contributed by atoms with Gasteiger partial charge in [0.1, 0.15) is 11.5 Å². The highest BCUT2D eigenvalue weighted by atomic mass is 35.5. The van der Waals surface area contributed by atoms with Gasteiger partial charge in [-0.25, -0.2) is 4.98 Å². The van der Waals surface area contributed by atoms with E-state index in [9.17, 15) is 9.59 Å². The Balaban J connectivity index is 1.56. The SMILES string of the molecule is CCNC/C=C/C(=O)CC1CCn2c(C(=O)CCCc3cc(Cl)ccc3C)cnc2CC1C. The molecule has 2 aromatic rings. The van der Waals surface area contributed by atoms with Gasteiger partial charge in [-0.1, -0.05) is 37.6 Å². The minimum absolute atomic E-state index is 0.141. The number of ketones is 2. The maximum atomic E-state index is 13.0. The number of fused-ring (bicyclic) bond motifs is 1. The number of nitrogens with one attached hydrogen (secondary N) is 1. The average molecular weight is 470 g/mol. The number of hydrogen-bond acceptors (Lipinski definition) is 4. The number of nitrogens with zero attached hydrogens (tertiary/aromatic N) is 2. The van der Waals surface area contributed by atoms with Crippen molar-refractivity contribution >= 4 is 23.2 Å². The van der Waals surface area contributed by atoms with E-state index in [1.54, 1.807) is 12.3 Å². The molecule has 6 heteroatoms. The largest absolute Gasteiger partial charge is 0.326 e. The molecule has 1 N–H and O–H groups in total. The van der Waals surface area contributed by atoms with Gasteiger partial charge in [0.25, 0.3) is 0 Å². The van der Waals surface area contributed by atoms with Gasteiger partial charge in [-0.05, 0) is 73.9 Å². The molecule has 2 atom stereocenters. The lowest BCUT2D eigenvalue weighted by molar-refractivity contribution is -0.115. The van der Waals surface area contributed by atoms with E-state index in [2.05, 4.69) is 28.7 Å². The molecule has 2 heterocycles. The quantitative estimate of drug-likeness (QED) is 0.273. The summed E-state index contributed by atoms with van der Waals surface area (Å²) >= 11 is 6.12. The van der Waals surface area contributed by atoms with E-state index in [4.69, 9.17) is 11.6 Å². The smallest absolute Gasteiger partial charge is 0.180 e. The Morgan fingerprint density at radius 3 is 2.94 bits per heavy atom. The van der Waals surface area contributed by atoms with Crippen LogP contribution in [0.25, 0.3) is 0 Å². The Morgan fingerprint density at radius 1 is 1.33 bits per heavy atom. The zero-order valence-electron chi connectivity index (χ0n) is 20.1. The molecule has 0 spiro atoms. The fourth-order valence-corrected chi connectivity index (χ4v) is 4.80. The molecule has 1 aromatic heterocycles. The average Bonchev–Trinajstić information content (AvgIpc) is 3.11. The second-order valence-electron chi connectivity index (χ2n) is 9.17. The Kier molecular flexibility index (Phi) is 9.45. The third-order valence-corrected chi connectivity index (χ3v) is 6.93. The van der Waals surface area contributed by atoms with Crippen LogP contribution >= 0.6 is 11.6 Å². The number of hydrogen-bond donors (Lipinski definition) is 1. The van der Waals surface area contributed by atoms with Crippen molar-refractivity contribution in [1.29, 1.82) is 0 Å². The van der Waals surface area contributed by atoms with Crippen molar-refractivity contribution in [2.24, 2.45) is 11.8 Å². The van der Waals surface area contributed by atoms with Crippen LogP contribution in [0.4, 0.5) is 0 Å². The predicted molar refractivity (Wildman–Crippen MR) is 134 cm³/mol. The monoisotopic (exact) mass is 469 g/mol. The summed E-state index contributed by atoms with van der Waals surface area (Å²) in [6, 6.07) is 5.91. The van der Waals surface area contributed by atoms with Crippen molar-refractivity contribution in [2.45, 2.75) is 65.8 Å². The van der Waals surface area contributed by atoms with Gasteiger partial charge in [0, 0.05) is 37.4 Å². The van der Waals surface area contributed by atoms with Crippen molar-refractivity contribution in [3.05, 3.63) is 64.2 Å². The summed E-state index contributed by atoms with van der Waals surface area (Å²) in [7, 11) is 0. The zero-order valence-corrected chi connectivity index (χ0v) is 20.8. The van der Waals surface area contributed by atoms with E-state index in [1.165, 1.54) is 11.1 Å². The lowest BCUT2D eigenvalue weighted by Crippen LogP contribution is -2.17. The van der Waals surface area contributed by atoms with Crippen LogP contribution in [0.2, 0.25) is 5.02 Å². The number of imidazole rings is 1. The predicted octanol–water partition coefficient (Wildman–Crippen LogP) is 5.37. The molecule has 0 aliphatic carbocycles. The number of aromatic nitrogens is 2. The number of likely N-dealkylation sites (N-methyl/N-ethyl adjacent to an activating group) is 1. The highest BCUT2D eigenvalue weighted by Crippen LogP contribution is 2.29. The van der Waals surface area contributed by atoms with Crippen LogP contribution in [0, 0.1) is 18.8 Å². The van der Waals surface area contributed by atoms with Gasteiger partial charge in [-0.2, -0.15) is 0 Å². The van der Waals surface area contributed by atoms with Gasteiger partial charge in [-0.3, -0.25) is 9.59 Å². The van der Waals surface area contributed by atoms with Crippen LogP contribution in [0.1, 0.15) is 67.0 Å². The lowest BCUT2D eigenvalue weighted by atomic mass is 9.85. The summed E-state index contributed by atoms with van der Waals surface area (Å²) in [5.41, 5.74) is 3.11. The first-order valence-corrected chi connectivity index (χ1v) is 12.5. The summed E-state index contributed by atoms with van der Waals surface area (Å²) in [5.74, 6) is 1.94. The van der Waals surface area contributed by atoms with Gasteiger partial charge in [0.05, 0.1) is 6.20 Å². The van der Waals surface area contributed by atoms with E-state index in [0.717, 1.165) is 56.2 Å². The summed E-state index contributed by atoms with van der Waals surface area (Å²) in [5, 5.41) is 3.93. The van der Waals surface area contributed by atoms with E-state index >= 15 is 0 Å². The zero-order chi connectivity index (χ0) is 23.8. The molecule has 5 nitrogen and oxygen atoms in total. The molecule has 1 aromatic carbocycles. The summed E-state index contributed by atoms with van der Waals surface area (Å²) in [6.07, 6.45) is 9.70. The molecule has 178 valence electrons. The Bertz CT molecular complexity index is 995. The summed E-state index contributed by atoms with van der Waals surface area (Å²) in [4.78, 5) is 30.0. The number of carbonyl (C=O) groups is 2. The van der Waals surface area contributed by atoms with Crippen LogP contribution in [-0.4, -0.2) is 34.2 Å². The second-order valence-corrected chi connectivity index (χ2v) is 9.61. The van der Waals surface area contributed by atoms with Crippen molar-refractivity contribution in [2.75, 3.05) is 13.1 Å². The first-order valence-electron chi connectivity index (χ1n) is 12.1. The summed E-state index contributed by atoms with van der Waals surface area (Å²) in [6.45, 7) is 8.67. The minimum atomic E-state index is 0.141. The van der Waals surface area contributed by atoms with Gasteiger partial charge < -0.3 is 9.88 Å². The topological polar surface area (TPSA) is 64.0 Å². The van der Waals surface area contributed by atoms with E-state index in [0.29, 0.717) is 30.4 Å². The number of aryl methyl sites for hydroxylation is 2. The van der Waals surface area contributed by atoms with Crippen molar-refractivity contribution in [3.8, 4) is 0 Å². The highest BCUT2D eigenvalue weighted by molar-refractivity contribution is 6.30. The first kappa shape index (κ1) is 25.4. The van der Waals surface area contributed by atoms with Gasteiger partial charge in [0.2, 0.25) is 0 Å². The molecule has 0 saturated heterocycles. The minimum Gasteiger partial charge on any atom is -0.326 e. The van der Waals surface area contributed by atoms with Crippen LogP contribution in [-0.2, 0) is 24.2 Å². The molecule has 0 amide bonds. The van der Waals surface area contributed by atoms with E-state index in [-0.39, 0.29) is 11.6 Å². The number of halogens is 1. The molecule has 33 heavy (non-hydrogen) atoms. The normalized spacial score (nSPS) is 18.3. The van der Waals surface area contributed by atoms with E-state index < -0.39 is 0 Å². The molecule has 1 aliphatic rings. The van der Waals surface area contributed by atoms with Gasteiger partial charge in [-0.15, -0.1) is 0 Å². The maximum Gasteiger partial charge on any atom is 0.180 e. The molecule has 0 saturated carbocycles. The summed E-state index contributed by atoms with van der Waals surface area (Å²) < 4.78 is 2.09. The van der Waals surface area contributed by atoms with Crippen LogP contribution < -0.4 is 5.32 Å². The molecular weight excluding hydrogens is 434 g/mol. The Labute approximate surface area is 202 Å². The third kappa shape index (κ3) is 7.12. The molecule has 3 rings (SSSR count). The molecule has 2 unspecified atom stereocenters. The van der Waals surface area contributed by atoms with Gasteiger partial charge in [0.15, 0.2) is 11.6 Å². The molecule has 0 radical (unpaired) electrons. The third-order valence-electron chi connectivity index (χ3n) is 6.70. The van der Waals surface area contributed by atoms with Crippen LogP contribution in [0.5, 0.6) is 0 Å². The van der Waals surface area contributed by atoms with Crippen molar-refractivity contribution in [1.82, 2.24) is 14.9 Å². The van der Waals surface area contributed by atoms with Crippen LogP contribution in [0.15, 0.2) is 36.5 Å². The van der Waals surface area contributed by atoms with Gasteiger partial charge >= 0.3 is 0 Å². The van der Waals surface area contributed by atoms with Crippen molar-refractivity contribution < 1.29 is 9.59 Å². The highest BCUT2D eigenvalue weighted by Gasteiger charge is 2.27. The number of Topliss-reactive ketones (excluding diaryl/α,β-unsaturated/α-hetero) is 1. The maximum absolute atomic E-state index is 13.0. The first-order chi connectivity index (χ1) is 15.9. The Hall–Kier alpha value is -2.24. The lowest BCUT2D eigenvalue weighted by Gasteiger charge is -2.19. The standard InChI is InChI=1S/C27H36ClN3O2/c1-4-29-13-6-8-24(32)17-22-12-14-31-25(18-30-27(31)15-20(22)3)26(33)9-5-7-21-16-23(28)11-10-19(21)2/h6,8,10-11,16,18,20,22,29H,4-5,7,9,12-15,17H2,1-3H3/b8-6+. The molecule has 1 aliphatic heterocycles. The fraction of sp³-hybridized carbons (Fsp3) is 0.519. The number of allylic oxidation sites excluding steroid dienone is 1. The molecule has 0 bridgehead atoms. The molecular formula is C27H36ClN3O2. The van der Waals surface area contributed by atoms with E-state index in [1.807, 2.05) is 31.2 Å². The number of rotatable bonds is 11. The Morgan fingerprint density at radius 2 is 2.15 bits per heavy atom. The number of carbonyl (C=O) groups excluding carboxylic acids is 2. The van der Waals surface area contributed by atoms with Crippen molar-refractivity contribution in [3.63, 3.8) is 0 Å². The number of benzene rings is 1.